The standard InChI is InChI=1S/C18H26N2O4S/c1-24-16(21)9-3-2-4-10-19-17(22)14-7-5-11-20(13-14)18(23)15-8-6-12-25-15/h6,8,12,14H,2-5,7,9-11,13H2,1H3,(H,19,22). The molecule has 6 nitrogen and oxygen atoms in total. The van der Waals surface area contributed by atoms with E-state index in [1.807, 2.05) is 17.5 Å². The van der Waals surface area contributed by atoms with Gasteiger partial charge in [0.2, 0.25) is 5.91 Å². The van der Waals surface area contributed by atoms with E-state index in [0.717, 1.165) is 37.0 Å². The van der Waals surface area contributed by atoms with Crippen LogP contribution in [0.1, 0.15) is 48.2 Å². The highest BCUT2D eigenvalue weighted by Crippen LogP contribution is 2.20. The third-order valence-electron chi connectivity index (χ3n) is 4.40. The van der Waals surface area contributed by atoms with Gasteiger partial charge in [-0.05, 0) is 37.1 Å². The summed E-state index contributed by atoms with van der Waals surface area (Å²) in [5.74, 6) is -0.276. The predicted octanol–water partition coefficient (Wildman–Crippen LogP) is 2.45. The van der Waals surface area contributed by atoms with Crippen molar-refractivity contribution in [1.29, 1.82) is 0 Å². The van der Waals surface area contributed by atoms with Crippen LogP contribution >= 0.6 is 11.3 Å². The fraction of sp³-hybridized carbons (Fsp3) is 0.611. The second kappa shape index (κ2) is 10.2. The quantitative estimate of drug-likeness (QED) is 0.566. The van der Waals surface area contributed by atoms with Crippen LogP contribution in [0, 0.1) is 5.92 Å². The fourth-order valence-corrected chi connectivity index (χ4v) is 3.65. The second-order valence-electron chi connectivity index (χ2n) is 6.25. The second-order valence-corrected chi connectivity index (χ2v) is 7.19. The van der Waals surface area contributed by atoms with Crippen LogP contribution in [-0.2, 0) is 14.3 Å². The van der Waals surface area contributed by atoms with Crippen LogP contribution in [-0.4, -0.2) is 49.4 Å². The summed E-state index contributed by atoms with van der Waals surface area (Å²) in [4.78, 5) is 38.3. The number of esters is 1. The molecule has 1 fully saturated rings. The van der Waals surface area contributed by atoms with Crippen molar-refractivity contribution in [2.75, 3.05) is 26.7 Å². The molecule has 1 aromatic heterocycles. The highest BCUT2D eigenvalue weighted by molar-refractivity contribution is 7.12. The number of carbonyl (C=O) groups is 3. The van der Waals surface area contributed by atoms with Crippen LogP contribution in [0.2, 0.25) is 0 Å². The Morgan fingerprint density at radius 3 is 2.88 bits per heavy atom. The van der Waals surface area contributed by atoms with Gasteiger partial charge in [-0.3, -0.25) is 14.4 Å². The lowest BCUT2D eigenvalue weighted by Crippen LogP contribution is -2.45. The number of likely N-dealkylation sites (tertiary alicyclic amines) is 1. The number of hydrogen-bond acceptors (Lipinski definition) is 5. The van der Waals surface area contributed by atoms with Crippen molar-refractivity contribution in [1.82, 2.24) is 10.2 Å². The van der Waals surface area contributed by atoms with E-state index in [1.165, 1.54) is 18.4 Å². The summed E-state index contributed by atoms with van der Waals surface area (Å²) in [6.07, 6.45) is 4.59. The summed E-state index contributed by atoms with van der Waals surface area (Å²) >= 11 is 1.43. The van der Waals surface area contributed by atoms with Gasteiger partial charge in [0.15, 0.2) is 0 Å². The summed E-state index contributed by atoms with van der Waals surface area (Å²) in [5, 5.41) is 4.85. The maximum absolute atomic E-state index is 12.4. The first-order valence-corrected chi connectivity index (χ1v) is 9.67. The van der Waals surface area contributed by atoms with Crippen molar-refractivity contribution in [3.63, 3.8) is 0 Å². The molecule has 1 N–H and O–H groups in total. The highest BCUT2D eigenvalue weighted by Gasteiger charge is 2.28. The molecular formula is C18H26N2O4S. The molecule has 2 amide bonds. The molecule has 1 atom stereocenters. The Bertz CT molecular complexity index is 574. The average molecular weight is 366 g/mol. The first-order chi connectivity index (χ1) is 12.1. The smallest absolute Gasteiger partial charge is 0.305 e. The van der Waals surface area contributed by atoms with Crippen molar-refractivity contribution >= 4 is 29.1 Å². The van der Waals surface area contributed by atoms with Crippen LogP contribution in [0.3, 0.4) is 0 Å². The van der Waals surface area contributed by atoms with Crippen LogP contribution in [0.5, 0.6) is 0 Å². The van der Waals surface area contributed by atoms with Gasteiger partial charge in [0.05, 0.1) is 17.9 Å². The molecule has 0 radical (unpaired) electrons. The third-order valence-corrected chi connectivity index (χ3v) is 5.25. The average Bonchev–Trinajstić information content (AvgIpc) is 3.18. The van der Waals surface area contributed by atoms with Gasteiger partial charge < -0.3 is 15.0 Å². The fourth-order valence-electron chi connectivity index (χ4n) is 2.96. The zero-order valence-corrected chi connectivity index (χ0v) is 15.5. The molecule has 1 unspecified atom stereocenters. The van der Waals surface area contributed by atoms with Crippen molar-refractivity contribution in [2.45, 2.75) is 38.5 Å². The highest BCUT2D eigenvalue weighted by atomic mass is 32.1. The van der Waals surface area contributed by atoms with E-state index >= 15 is 0 Å². The van der Waals surface area contributed by atoms with Gasteiger partial charge in [-0.1, -0.05) is 12.5 Å². The number of carbonyl (C=O) groups excluding carboxylic acids is 3. The van der Waals surface area contributed by atoms with Gasteiger partial charge >= 0.3 is 5.97 Å². The van der Waals surface area contributed by atoms with E-state index < -0.39 is 0 Å². The number of nitrogens with zero attached hydrogens (tertiary/aromatic N) is 1. The third kappa shape index (κ3) is 6.16. The van der Waals surface area contributed by atoms with Crippen LogP contribution in [0.25, 0.3) is 0 Å². The van der Waals surface area contributed by atoms with E-state index in [4.69, 9.17) is 0 Å². The number of hydrogen-bond donors (Lipinski definition) is 1. The molecule has 2 heterocycles. The molecule has 25 heavy (non-hydrogen) atoms. The normalized spacial score (nSPS) is 17.2. The van der Waals surface area contributed by atoms with Crippen molar-refractivity contribution < 1.29 is 19.1 Å². The Balaban J connectivity index is 1.67. The largest absolute Gasteiger partial charge is 0.469 e. The minimum absolute atomic E-state index is 0.0234. The van der Waals surface area contributed by atoms with Crippen LogP contribution in [0.15, 0.2) is 17.5 Å². The molecule has 138 valence electrons. The molecule has 2 rings (SSSR count). The topological polar surface area (TPSA) is 75.7 Å². The number of amides is 2. The Kier molecular flexibility index (Phi) is 7.91. The molecule has 7 heteroatoms. The van der Waals surface area contributed by atoms with Gasteiger partial charge in [0.25, 0.3) is 5.91 Å². The summed E-state index contributed by atoms with van der Waals surface area (Å²) in [6, 6.07) is 3.69. The monoisotopic (exact) mass is 366 g/mol. The van der Waals surface area contributed by atoms with Gasteiger partial charge in [-0.2, -0.15) is 0 Å². The molecule has 1 aliphatic heterocycles. The number of rotatable bonds is 8. The Labute approximate surface area is 152 Å². The summed E-state index contributed by atoms with van der Waals surface area (Å²) < 4.78 is 4.59. The molecule has 1 aromatic rings. The van der Waals surface area contributed by atoms with Crippen LogP contribution < -0.4 is 5.32 Å². The van der Waals surface area contributed by atoms with Gasteiger partial charge in [0, 0.05) is 26.1 Å². The number of piperidine rings is 1. The van der Waals surface area contributed by atoms with E-state index in [0.29, 0.717) is 26.1 Å². The molecule has 1 aliphatic rings. The zero-order chi connectivity index (χ0) is 18.1. The molecule has 0 saturated carbocycles. The number of methoxy groups -OCH3 is 1. The van der Waals surface area contributed by atoms with E-state index in [1.54, 1.807) is 4.90 Å². The lowest BCUT2D eigenvalue weighted by molar-refractivity contribution is -0.140. The van der Waals surface area contributed by atoms with Gasteiger partial charge in [0.1, 0.15) is 0 Å². The number of ether oxygens (including phenoxy) is 1. The Morgan fingerprint density at radius 1 is 1.32 bits per heavy atom. The summed E-state index contributed by atoms with van der Waals surface area (Å²) in [6.45, 7) is 1.81. The molecule has 1 saturated heterocycles. The number of thiophene rings is 1. The van der Waals surface area contributed by atoms with E-state index in [-0.39, 0.29) is 23.7 Å². The molecule has 0 aromatic carbocycles. The zero-order valence-electron chi connectivity index (χ0n) is 14.7. The molecule has 0 spiro atoms. The summed E-state index contributed by atoms with van der Waals surface area (Å²) in [5.41, 5.74) is 0. The van der Waals surface area contributed by atoms with Crippen LogP contribution in [0.4, 0.5) is 0 Å². The summed E-state index contributed by atoms with van der Waals surface area (Å²) in [7, 11) is 1.39. The Hall–Kier alpha value is -1.89. The molecule has 0 bridgehead atoms. The molecule has 0 aliphatic carbocycles. The van der Waals surface area contributed by atoms with Crippen molar-refractivity contribution in [3.8, 4) is 0 Å². The van der Waals surface area contributed by atoms with Crippen molar-refractivity contribution in [3.05, 3.63) is 22.4 Å². The number of unbranched alkanes of at least 4 members (excludes halogenated alkanes) is 2. The molecular weight excluding hydrogens is 340 g/mol. The first-order valence-electron chi connectivity index (χ1n) is 8.79. The van der Waals surface area contributed by atoms with Gasteiger partial charge in [-0.25, -0.2) is 0 Å². The lowest BCUT2D eigenvalue weighted by Gasteiger charge is -2.31. The minimum Gasteiger partial charge on any atom is -0.469 e. The van der Waals surface area contributed by atoms with E-state index in [2.05, 4.69) is 10.1 Å². The maximum Gasteiger partial charge on any atom is 0.305 e. The minimum atomic E-state index is -0.193. The van der Waals surface area contributed by atoms with Crippen molar-refractivity contribution in [2.24, 2.45) is 5.92 Å². The maximum atomic E-state index is 12.4. The Morgan fingerprint density at radius 2 is 2.16 bits per heavy atom. The lowest BCUT2D eigenvalue weighted by atomic mass is 9.97. The van der Waals surface area contributed by atoms with Gasteiger partial charge in [-0.15, -0.1) is 11.3 Å². The SMILES string of the molecule is COC(=O)CCCCCNC(=O)C1CCCN(C(=O)c2cccs2)C1. The number of nitrogens with one attached hydrogen (secondary N) is 1. The first kappa shape index (κ1) is 19.4. The van der Waals surface area contributed by atoms with E-state index in [9.17, 15) is 14.4 Å². The predicted molar refractivity (Wildman–Crippen MR) is 96.4 cm³/mol.